The molecular formula is C25H49NO4. The minimum atomic E-state index is -0.129. The van der Waals surface area contributed by atoms with Gasteiger partial charge in [-0.25, -0.2) is 0 Å². The molecule has 0 aromatic rings. The molecule has 0 rings (SSSR count). The van der Waals surface area contributed by atoms with Gasteiger partial charge in [0.1, 0.15) is 6.61 Å². The number of aliphatic hydroxyl groups excluding tert-OH is 2. The van der Waals surface area contributed by atoms with Crippen molar-refractivity contribution in [3.63, 3.8) is 0 Å². The summed E-state index contributed by atoms with van der Waals surface area (Å²) in [4.78, 5) is 11.7. The fraction of sp³-hybridized carbons (Fsp3) is 0.880. The quantitative estimate of drug-likeness (QED) is 0.117. The van der Waals surface area contributed by atoms with E-state index in [9.17, 15) is 4.79 Å². The van der Waals surface area contributed by atoms with Crippen LogP contribution in [-0.4, -0.2) is 48.6 Å². The third kappa shape index (κ3) is 21.8. The Hall–Kier alpha value is -0.910. The maximum absolute atomic E-state index is 11.7. The highest BCUT2D eigenvalue weighted by Gasteiger charge is 2.07. The number of rotatable bonds is 23. The maximum atomic E-state index is 11.7. The zero-order chi connectivity index (χ0) is 22.1. The van der Waals surface area contributed by atoms with Crippen molar-refractivity contribution in [2.45, 2.75) is 116 Å². The Morgan fingerprint density at radius 2 is 1.37 bits per heavy atom. The average Bonchev–Trinajstić information content (AvgIpc) is 2.74. The van der Waals surface area contributed by atoms with E-state index in [0.29, 0.717) is 32.4 Å². The van der Waals surface area contributed by atoms with Crippen LogP contribution in [0.3, 0.4) is 0 Å². The molecule has 0 aromatic heterocycles. The van der Waals surface area contributed by atoms with Gasteiger partial charge >= 0.3 is 5.97 Å². The summed E-state index contributed by atoms with van der Waals surface area (Å²) in [6.07, 6.45) is 22.6. The first-order valence-electron chi connectivity index (χ1n) is 12.5. The molecule has 0 spiro atoms. The van der Waals surface area contributed by atoms with Crippen LogP contribution in [0.1, 0.15) is 110 Å². The molecule has 0 radical (unpaired) electrons. The van der Waals surface area contributed by atoms with Crippen molar-refractivity contribution in [3.05, 3.63) is 12.2 Å². The van der Waals surface area contributed by atoms with E-state index in [0.717, 1.165) is 12.8 Å². The average molecular weight is 428 g/mol. The predicted molar refractivity (Wildman–Crippen MR) is 126 cm³/mol. The van der Waals surface area contributed by atoms with Crippen molar-refractivity contribution in [1.82, 2.24) is 5.32 Å². The standard InChI is InChI=1S/C25H49NO4/c1-2-3-4-5-6-7-8-9-10-11-12-13-14-15-16-17-25(29)30-23-20-26-24(18-21-27)19-22-28/h9-10,24,26-28H,2-8,11-23H2,1H3/b10-9-. The summed E-state index contributed by atoms with van der Waals surface area (Å²) in [7, 11) is 0. The lowest BCUT2D eigenvalue weighted by Gasteiger charge is -2.16. The minimum absolute atomic E-state index is 0.0732. The highest BCUT2D eigenvalue weighted by Crippen LogP contribution is 2.10. The molecule has 0 aromatic carbocycles. The highest BCUT2D eigenvalue weighted by molar-refractivity contribution is 5.69. The first kappa shape index (κ1) is 29.1. The molecule has 0 atom stereocenters. The normalized spacial score (nSPS) is 11.6. The molecule has 0 bridgehead atoms. The summed E-state index contributed by atoms with van der Waals surface area (Å²) < 4.78 is 5.23. The van der Waals surface area contributed by atoms with E-state index in [4.69, 9.17) is 14.9 Å². The van der Waals surface area contributed by atoms with Crippen LogP contribution < -0.4 is 5.32 Å². The van der Waals surface area contributed by atoms with E-state index in [1.165, 1.54) is 70.6 Å². The fourth-order valence-corrected chi connectivity index (χ4v) is 3.50. The number of esters is 1. The van der Waals surface area contributed by atoms with Gasteiger partial charge in [-0.3, -0.25) is 4.79 Å². The molecule has 0 aliphatic rings. The second kappa shape index (κ2) is 24.4. The summed E-state index contributed by atoms with van der Waals surface area (Å²) >= 11 is 0. The molecule has 0 aliphatic heterocycles. The van der Waals surface area contributed by atoms with Crippen molar-refractivity contribution in [2.75, 3.05) is 26.4 Å². The Labute approximate surface area is 185 Å². The molecule has 3 N–H and O–H groups in total. The lowest BCUT2D eigenvalue weighted by Crippen LogP contribution is -2.34. The lowest BCUT2D eigenvalue weighted by molar-refractivity contribution is -0.143. The van der Waals surface area contributed by atoms with Crippen LogP contribution in [0, 0.1) is 0 Å². The van der Waals surface area contributed by atoms with Crippen LogP contribution in [0.2, 0.25) is 0 Å². The van der Waals surface area contributed by atoms with Gasteiger partial charge in [-0.15, -0.1) is 0 Å². The molecule has 0 amide bonds. The summed E-state index contributed by atoms with van der Waals surface area (Å²) in [5, 5.41) is 21.1. The molecule has 30 heavy (non-hydrogen) atoms. The molecule has 178 valence electrons. The zero-order valence-electron chi connectivity index (χ0n) is 19.6. The molecule has 0 heterocycles. The van der Waals surface area contributed by atoms with Gasteiger partial charge in [0.25, 0.3) is 0 Å². The first-order chi connectivity index (χ1) is 14.7. The fourth-order valence-electron chi connectivity index (χ4n) is 3.50. The smallest absolute Gasteiger partial charge is 0.305 e. The van der Waals surface area contributed by atoms with Gasteiger partial charge in [-0.2, -0.15) is 0 Å². The van der Waals surface area contributed by atoms with Gasteiger partial charge in [0.2, 0.25) is 0 Å². The molecule has 0 aliphatic carbocycles. The predicted octanol–water partition coefficient (Wildman–Crippen LogP) is 5.29. The van der Waals surface area contributed by atoms with Crippen LogP contribution in [0.15, 0.2) is 12.2 Å². The van der Waals surface area contributed by atoms with Crippen molar-refractivity contribution in [2.24, 2.45) is 0 Å². The van der Waals surface area contributed by atoms with E-state index >= 15 is 0 Å². The van der Waals surface area contributed by atoms with Crippen LogP contribution >= 0.6 is 0 Å². The number of hydrogen-bond donors (Lipinski definition) is 3. The van der Waals surface area contributed by atoms with E-state index in [1.807, 2.05) is 0 Å². The van der Waals surface area contributed by atoms with Crippen LogP contribution in [-0.2, 0) is 9.53 Å². The number of unbranched alkanes of at least 4 members (excludes halogenated alkanes) is 11. The number of ether oxygens (including phenoxy) is 1. The SMILES string of the molecule is CCCCCCCC/C=C\CCCCCCCC(=O)OCCNC(CCO)CCO. The highest BCUT2D eigenvalue weighted by atomic mass is 16.5. The Morgan fingerprint density at radius 3 is 1.93 bits per heavy atom. The Bertz CT molecular complexity index is 381. The van der Waals surface area contributed by atoms with Gasteiger partial charge in [0.15, 0.2) is 0 Å². The Kier molecular flexibility index (Phi) is 23.6. The van der Waals surface area contributed by atoms with Gasteiger partial charge in [-0.05, 0) is 44.9 Å². The van der Waals surface area contributed by atoms with Crippen LogP contribution in [0.4, 0.5) is 0 Å². The van der Waals surface area contributed by atoms with Gasteiger partial charge < -0.3 is 20.3 Å². The molecular weight excluding hydrogens is 378 g/mol. The second-order valence-corrected chi connectivity index (χ2v) is 8.23. The molecule has 0 fully saturated rings. The number of nitrogens with one attached hydrogen (secondary N) is 1. The van der Waals surface area contributed by atoms with Crippen molar-refractivity contribution < 1.29 is 19.7 Å². The Balaban J connectivity index is 3.35. The monoisotopic (exact) mass is 427 g/mol. The van der Waals surface area contributed by atoms with Crippen molar-refractivity contribution >= 4 is 5.97 Å². The summed E-state index contributed by atoms with van der Waals surface area (Å²) in [5.41, 5.74) is 0. The molecule has 0 saturated heterocycles. The molecule has 0 unspecified atom stereocenters. The Morgan fingerprint density at radius 1 is 0.833 bits per heavy atom. The second-order valence-electron chi connectivity index (χ2n) is 8.23. The van der Waals surface area contributed by atoms with E-state index in [1.54, 1.807) is 0 Å². The van der Waals surface area contributed by atoms with Gasteiger partial charge in [0.05, 0.1) is 0 Å². The minimum Gasteiger partial charge on any atom is -0.464 e. The van der Waals surface area contributed by atoms with Crippen LogP contribution in [0.25, 0.3) is 0 Å². The third-order valence-corrected chi connectivity index (χ3v) is 5.40. The van der Waals surface area contributed by atoms with Crippen molar-refractivity contribution in [1.29, 1.82) is 0 Å². The summed E-state index contributed by atoms with van der Waals surface area (Å²) in [5.74, 6) is -0.129. The van der Waals surface area contributed by atoms with Gasteiger partial charge in [-0.1, -0.05) is 70.4 Å². The number of carbonyl (C=O) groups is 1. The van der Waals surface area contributed by atoms with E-state index in [2.05, 4.69) is 24.4 Å². The molecule has 5 nitrogen and oxygen atoms in total. The van der Waals surface area contributed by atoms with Crippen LogP contribution in [0.5, 0.6) is 0 Å². The molecule has 5 heteroatoms. The topological polar surface area (TPSA) is 78.8 Å². The van der Waals surface area contributed by atoms with Crippen molar-refractivity contribution in [3.8, 4) is 0 Å². The maximum Gasteiger partial charge on any atom is 0.305 e. The van der Waals surface area contributed by atoms with Gasteiger partial charge in [0, 0.05) is 32.2 Å². The largest absolute Gasteiger partial charge is 0.464 e. The number of aliphatic hydroxyl groups is 2. The number of allylic oxidation sites excluding steroid dienone is 2. The number of hydrogen-bond acceptors (Lipinski definition) is 5. The third-order valence-electron chi connectivity index (χ3n) is 5.40. The molecule has 0 saturated carbocycles. The summed E-state index contributed by atoms with van der Waals surface area (Å²) in [6, 6.07) is 0.0732. The van der Waals surface area contributed by atoms with E-state index in [-0.39, 0.29) is 25.2 Å². The van der Waals surface area contributed by atoms with E-state index < -0.39 is 0 Å². The number of carbonyl (C=O) groups excluding carboxylic acids is 1. The zero-order valence-corrected chi connectivity index (χ0v) is 19.6. The first-order valence-corrected chi connectivity index (χ1v) is 12.5. The lowest BCUT2D eigenvalue weighted by atomic mass is 10.1. The summed E-state index contributed by atoms with van der Waals surface area (Å²) in [6.45, 7) is 3.34.